The Bertz CT molecular complexity index is 985. The predicted octanol–water partition coefficient (Wildman–Crippen LogP) is 2.98. The lowest BCUT2D eigenvalue weighted by Crippen LogP contribution is -2.45. The number of nitrogens with zero attached hydrogens (tertiary/aromatic N) is 3. The van der Waals surface area contributed by atoms with Gasteiger partial charge in [0.05, 0.1) is 28.4 Å². The average molecular weight is 441 g/mol. The van der Waals surface area contributed by atoms with E-state index in [1.54, 1.807) is 0 Å². The Morgan fingerprint density at radius 3 is 2.63 bits per heavy atom. The predicted molar refractivity (Wildman–Crippen MR) is 102 cm³/mol. The largest absolute Gasteiger partial charge is 0.418 e. The molecule has 7 nitrogen and oxygen atoms in total. The molecular formula is C19H18F3N3O4S. The highest BCUT2D eigenvalue weighted by Crippen LogP contribution is 2.38. The molecule has 0 spiro atoms. The van der Waals surface area contributed by atoms with Gasteiger partial charge in [-0.1, -0.05) is 17.4 Å². The van der Waals surface area contributed by atoms with E-state index in [2.05, 4.69) is 4.98 Å². The van der Waals surface area contributed by atoms with Gasteiger partial charge in [-0.05, 0) is 25.0 Å². The van der Waals surface area contributed by atoms with Crippen molar-refractivity contribution in [1.29, 1.82) is 0 Å². The molecule has 1 aromatic heterocycles. The van der Waals surface area contributed by atoms with Crippen LogP contribution < -0.4 is 4.90 Å². The molecule has 1 aromatic carbocycles. The van der Waals surface area contributed by atoms with Gasteiger partial charge in [0.1, 0.15) is 6.54 Å². The Morgan fingerprint density at radius 1 is 1.27 bits per heavy atom. The van der Waals surface area contributed by atoms with Gasteiger partial charge in [0, 0.05) is 19.4 Å². The van der Waals surface area contributed by atoms with Crippen LogP contribution >= 0.6 is 11.3 Å². The molecular weight excluding hydrogens is 423 g/mol. The van der Waals surface area contributed by atoms with Crippen LogP contribution in [-0.4, -0.2) is 53.4 Å². The number of alkyl halides is 3. The van der Waals surface area contributed by atoms with Gasteiger partial charge in [0.2, 0.25) is 17.7 Å². The minimum atomic E-state index is -4.58. The van der Waals surface area contributed by atoms with Gasteiger partial charge >= 0.3 is 6.18 Å². The summed E-state index contributed by atoms with van der Waals surface area (Å²) in [6, 6.07) is 3.74. The first-order valence-electron chi connectivity index (χ1n) is 9.46. The number of imide groups is 1. The van der Waals surface area contributed by atoms with Crippen LogP contribution in [0, 0.1) is 0 Å². The van der Waals surface area contributed by atoms with Gasteiger partial charge in [0.25, 0.3) is 0 Å². The van der Waals surface area contributed by atoms with Gasteiger partial charge in [0.15, 0.2) is 5.13 Å². The van der Waals surface area contributed by atoms with Crippen LogP contribution in [0.1, 0.15) is 31.2 Å². The van der Waals surface area contributed by atoms with E-state index in [1.807, 2.05) is 0 Å². The number of amides is 3. The highest BCUT2D eigenvalue weighted by atomic mass is 32.1. The lowest BCUT2D eigenvalue weighted by molar-refractivity contribution is -0.141. The monoisotopic (exact) mass is 441 g/mol. The number of benzene rings is 1. The van der Waals surface area contributed by atoms with E-state index >= 15 is 0 Å². The number of carbonyl (C=O) groups excluding carboxylic acids is 3. The number of fused-ring (bicyclic) bond motifs is 1. The molecule has 3 amide bonds. The second-order valence-corrected chi connectivity index (χ2v) is 8.17. The normalized spacial score (nSPS) is 19.8. The van der Waals surface area contributed by atoms with E-state index in [0.717, 1.165) is 28.7 Å². The zero-order chi connectivity index (χ0) is 21.5. The zero-order valence-electron chi connectivity index (χ0n) is 15.8. The summed E-state index contributed by atoms with van der Waals surface area (Å²) in [7, 11) is 0. The van der Waals surface area contributed by atoms with E-state index in [0.29, 0.717) is 17.7 Å². The Labute approximate surface area is 173 Å². The third-order valence-electron chi connectivity index (χ3n) is 5.10. The molecule has 4 rings (SSSR count). The van der Waals surface area contributed by atoms with E-state index in [1.165, 1.54) is 17.0 Å². The number of aromatic nitrogens is 1. The molecule has 0 saturated carbocycles. The van der Waals surface area contributed by atoms with Crippen molar-refractivity contribution in [2.24, 2.45) is 0 Å². The molecule has 0 bridgehead atoms. The highest BCUT2D eigenvalue weighted by molar-refractivity contribution is 7.22. The average Bonchev–Trinajstić information content (AvgIpc) is 3.41. The molecule has 160 valence electrons. The van der Waals surface area contributed by atoms with E-state index in [9.17, 15) is 27.6 Å². The molecule has 11 heteroatoms. The summed E-state index contributed by atoms with van der Waals surface area (Å²) in [6.45, 7) is 0.163. The van der Waals surface area contributed by atoms with Crippen molar-refractivity contribution in [3.8, 4) is 0 Å². The van der Waals surface area contributed by atoms with Crippen LogP contribution in [0.15, 0.2) is 18.2 Å². The Balaban J connectivity index is 1.68. The van der Waals surface area contributed by atoms with Crippen molar-refractivity contribution in [1.82, 2.24) is 9.88 Å². The molecule has 30 heavy (non-hydrogen) atoms. The molecule has 2 fully saturated rings. The Kier molecular flexibility index (Phi) is 5.49. The van der Waals surface area contributed by atoms with Crippen LogP contribution in [0.4, 0.5) is 18.3 Å². The molecule has 0 aliphatic carbocycles. The molecule has 3 heterocycles. The maximum absolute atomic E-state index is 13.4. The molecule has 1 atom stereocenters. The Hall–Kier alpha value is -2.53. The number of halogens is 3. The summed E-state index contributed by atoms with van der Waals surface area (Å²) >= 11 is 0.957. The number of anilines is 1. The van der Waals surface area contributed by atoms with Crippen molar-refractivity contribution in [2.75, 3.05) is 24.6 Å². The van der Waals surface area contributed by atoms with Crippen LogP contribution in [-0.2, 0) is 25.3 Å². The topological polar surface area (TPSA) is 79.8 Å². The molecule has 2 saturated heterocycles. The summed E-state index contributed by atoms with van der Waals surface area (Å²) in [6.07, 6.45) is -3.25. The lowest BCUT2D eigenvalue weighted by atomic mass is 10.2. The maximum atomic E-state index is 13.4. The first-order valence-corrected chi connectivity index (χ1v) is 10.3. The number of carbonyl (C=O) groups is 3. The van der Waals surface area contributed by atoms with Gasteiger partial charge in [-0.2, -0.15) is 13.2 Å². The zero-order valence-corrected chi connectivity index (χ0v) is 16.6. The summed E-state index contributed by atoms with van der Waals surface area (Å²) in [5.74, 6) is -1.45. The third-order valence-corrected chi connectivity index (χ3v) is 6.15. The maximum Gasteiger partial charge on any atom is 0.418 e. The fourth-order valence-corrected chi connectivity index (χ4v) is 4.60. The van der Waals surface area contributed by atoms with Crippen molar-refractivity contribution in [3.63, 3.8) is 0 Å². The number of hydrogen-bond donors (Lipinski definition) is 0. The van der Waals surface area contributed by atoms with Crippen LogP contribution in [0.2, 0.25) is 0 Å². The summed E-state index contributed by atoms with van der Waals surface area (Å²) < 4.78 is 45.9. The van der Waals surface area contributed by atoms with Crippen molar-refractivity contribution < 1.29 is 32.3 Å². The number of likely N-dealkylation sites (tertiary alicyclic amines) is 1. The molecule has 1 unspecified atom stereocenters. The SMILES string of the molecule is O=C1CCC(=O)N1CC(=O)N(CC1CCCO1)c1nc2c(C(F)(F)F)cccc2s1. The fraction of sp³-hybridized carbons (Fsp3) is 0.474. The minimum absolute atomic E-state index is 0.0495. The summed E-state index contributed by atoms with van der Waals surface area (Å²) in [4.78, 5) is 43.0. The fourth-order valence-electron chi connectivity index (χ4n) is 3.58. The summed E-state index contributed by atoms with van der Waals surface area (Å²) in [5, 5.41) is 0.0845. The van der Waals surface area contributed by atoms with Gasteiger partial charge < -0.3 is 4.74 Å². The second-order valence-electron chi connectivity index (χ2n) is 7.16. The van der Waals surface area contributed by atoms with Crippen molar-refractivity contribution in [3.05, 3.63) is 23.8 Å². The number of thiazole rings is 1. The minimum Gasteiger partial charge on any atom is -0.376 e. The number of ether oxygens (including phenoxy) is 1. The number of para-hydroxylation sites is 1. The summed E-state index contributed by atoms with van der Waals surface area (Å²) in [5.41, 5.74) is -1.11. The van der Waals surface area contributed by atoms with Crippen LogP contribution in [0.5, 0.6) is 0 Å². The van der Waals surface area contributed by atoms with E-state index in [-0.39, 0.29) is 36.1 Å². The molecule has 2 aliphatic rings. The van der Waals surface area contributed by atoms with Gasteiger partial charge in [-0.25, -0.2) is 4.98 Å². The van der Waals surface area contributed by atoms with Crippen molar-refractivity contribution >= 4 is 44.4 Å². The lowest BCUT2D eigenvalue weighted by Gasteiger charge is -2.25. The van der Waals surface area contributed by atoms with Gasteiger partial charge in [-0.3, -0.25) is 24.2 Å². The second kappa shape index (κ2) is 7.95. The van der Waals surface area contributed by atoms with Gasteiger partial charge in [-0.15, -0.1) is 0 Å². The smallest absolute Gasteiger partial charge is 0.376 e. The highest BCUT2D eigenvalue weighted by Gasteiger charge is 2.36. The molecule has 2 aliphatic heterocycles. The molecule has 0 N–H and O–H groups in total. The molecule has 0 radical (unpaired) electrons. The standard InChI is InChI=1S/C19H18F3N3O4S/c20-19(21,22)12-4-1-5-13-17(12)23-18(30-13)25(9-11-3-2-8-29-11)16(28)10-24-14(26)6-7-15(24)27/h1,4-5,11H,2-3,6-10H2. The third kappa shape index (κ3) is 4.04. The molecule has 2 aromatic rings. The number of hydrogen-bond acceptors (Lipinski definition) is 6. The van der Waals surface area contributed by atoms with E-state index in [4.69, 9.17) is 4.74 Å². The Morgan fingerprint density at radius 2 is 2.00 bits per heavy atom. The van der Waals surface area contributed by atoms with Crippen molar-refractivity contribution in [2.45, 2.75) is 38.0 Å². The van der Waals surface area contributed by atoms with Crippen LogP contribution in [0.25, 0.3) is 10.2 Å². The quantitative estimate of drug-likeness (QED) is 0.667. The first-order chi connectivity index (χ1) is 14.2. The van der Waals surface area contributed by atoms with E-state index < -0.39 is 36.0 Å². The first kappa shape index (κ1) is 20.7. The van der Waals surface area contributed by atoms with Crippen LogP contribution in [0.3, 0.4) is 0 Å². The number of rotatable bonds is 5.